The molecule has 0 spiro atoms. The summed E-state index contributed by atoms with van der Waals surface area (Å²) < 4.78 is 0.685. The van der Waals surface area contributed by atoms with Gasteiger partial charge in [0.2, 0.25) is 0 Å². The quantitative estimate of drug-likeness (QED) is 0.893. The van der Waals surface area contributed by atoms with Crippen LogP contribution in [-0.2, 0) is 4.79 Å². The summed E-state index contributed by atoms with van der Waals surface area (Å²) in [6.45, 7) is 1.71. The molecule has 1 aromatic heterocycles. The normalized spacial score (nSPS) is 12.1. The van der Waals surface area contributed by atoms with Gasteiger partial charge in [-0.3, -0.25) is 4.79 Å². The number of hydrogen-bond acceptors (Lipinski definition) is 3. The van der Waals surface area contributed by atoms with Crippen LogP contribution in [0.15, 0.2) is 15.9 Å². The molecule has 1 amide bonds. The average molecular weight is 292 g/mol. The van der Waals surface area contributed by atoms with Crippen molar-refractivity contribution in [3.05, 3.63) is 20.8 Å². The maximum Gasteiger partial charge on any atom is 0.326 e. The van der Waals surface area contributed by atoms with Crippen LogP contribution in [0.1, 0.15) is 23.0 Å². The third-order valence-corrected chi connectivity index (χ3v) is 3.67. The van der Waals surface area contributed by atoms with Gasteiger partial charge in [-0.25, -0.2) is 4.79 Å². The summed E-state index contributed by atoms with van der Waals surface area (Å²) in [7, 11) is 0. The van der Waals surface area contributed by atoms with Crippen molar-refractivity contribution in [2.45, 2.75) is 19.4 Å². The zero-order valence-corrected chi connectivity index (χ0v) is 10.4. The number of halogens is 1. The number of carbonyl (C=O) groups excluding carboxylic acids is 1. The first-order valence-electron chi connectivity index (χ1n) is 4.33. The number of rotatable bonds is 4. The highest BCUT2D eigenvalue weighted by Gasteiger charge is 2.20. The Hall–Kier alpha value is -0.880. The van der Waals surface area contributed by atoms with Gasteiger partial charge >= 0.3 is 5.97 Å². The maximum atomic E-state index is 11.6. The van der Waals surface area contributed by atoms with E-state index in [4.69, 9.17) is 5.11 Å². The molecule has 1 atom stereocenters. The van der Waals surface area contributed by atoms with Gasteiger partial charge in [-0.15, -0.1) is 11.3 Å². The summed E-state index contributed by atoms with van der Waals surface area (Å²) in [5.41, 5.74) is 0. The zero-order chi connectivity index (χ0) is 11.4. The number of carboxylic acids is 1. The van der Waals surface area contributed by atoms with Gasteiger partial charge in [0.05, 0.1) is 0 Å². The Kier molecular flexibility index (Phi) is 4.28. The Morgan fingerprint density at radius 3 is 2.73 bits per heavy atom. The Bertz CT molecular complexity index is 377. The van der Waals surface area contributed by atoms with Crippen molar-refractivity contribution in [1.29, 1.82) is 0 Å². The van der Waals surface area contributed by atoms with Gasteiger partial charge in [-0.1, -0.05) is 6.92 Å². The van der Waals surface area contributed by atoms with E-state index in [2.05, 4.69) is 21.2 Å². The van der Waals surface area contributed by atoms with Crippen LogP contribution in [0.5, 0.6) is 0 Å². The number of thiophene rings is 1. The molecule has 4 nitrogen and oxygen atoms in total. The van der Waals surface area contributed by atoms with Gasteiger partial charge in [0.15, 0.2) is 0 Å². The summed E-state index contributed by atoms with van der Waals surface area (Å²) in [4.78, 5) is 22.8. The molecule has 1 rings (SSSR count). The molecule has 0 aliphatic carbocycles. The van der Waals surface area contributed by atoms with Gasteiger partial charge in [0, 0.05) is 4.47 Å². The molecule has 0 bridgehead atoms. The highest BCUT2D eigenvalue weighted by atomic mass is 79.9. The Balaban J connectivity index is 2.71. The molecular formula is C9H10BrNO3S. The lowest BCUT2D eigenvalue weighted by molar-refractivity contribution is -0.139. The maximum absolute atomic E-state index is 11.6. The summed E-state index contributed by atoms with van der Waals surface area (Å²) in [5, 5.41) is 13.0. The number of carboxylic acid groups (broad SMARTS) is 1. The summed E-state index contributed by atoms with van der Waals surface area (Å²) in [6.07, 6.45) is 0.365. The predicted octanol–water partition coefficient (Wildman–Crippen LogP) is 2.10. The summed E-state index contributed by atoms with van der Waals surface area (Å²) in [6, 6.07) is 0.924. The lowest BCUT2D eigenvalue weighted by atomic mass is 10.2. The topological polar surface area (TPSA) is 66.4 Å². The number of aliphatic carboxylic acids is 1. The van der Waals surface area contributed by atoms with Crippen LogP contribution >= 0.6 is 27.3 Å². The van der Waals surface area contributed by atoms with Crippen LogP contribution in [0, 0.1) is 0 Å². The third kappa shape index (κ3) is 3.04. The van der Waals surface area contributed by atoms with Crippen molar-refractivity contribution in [1.82, 2.24) is 5.32 Å². The first-order chi connectivity index (χ1) is 7.06. The Morgan fingerprint density at radius 2 is 2.33 bits per heavy atom. The Labute approximate surface area is 99.4 Å². The molecule has 0 fully saturated rings. The number of hydrogen-bond donors (Lipinski definition) is 2. The van der Waals surface area contributed by atoms with E-state index in [0.717, 1.165) is 0 Å². The van der Waals surface area contributed by atoms with Crippen LogP contribution in [0.25, 0.3) is 0 Å². The molecule has 6 heteroatoms. The fourth-order valence-electron chi connectivity index (χ4n) is 1.02. The van der Waals surface area contributed by atoms with E-state index >= 15 is 0 Å². The van der Waals surface area contributed by atoms with Crippen LogP contribution in [0.3, 0.4) is 0 Å². The number of carbonyl (C=O) groups is 2. The largest absolute Gasteiger partial charge is 0.480 e. The van der Waals surface area contributed by atoms with Gasteiger partial charge < -0.3 is 10.4 Å². The van der Waals surface area contributed by atoms with Crippen LogP contribution < -0.4 is 5.32 Å². The lowest BCUT2D eigenvalue weighted by Gasteiger charge is -2.11. The summed E-state index contributed by atoms with van der Waals surface area (Å²) in [5.74, 6) is -1.37. The minimum absolute atomic E-state index is 0.355. The number of nitrogens with one attached hydrogen (secondary N) is 1. The highest BCUT2D eigenvalue weighted by molar-refractivity contribution is 9.10. The van der Waals surface area contributed by atoms with Crippen molar-refractivity contribution in [2.75, 3.05) is 0 Å². The molecule has 0 radical (unpaired) electrons. The molecule has 0 saturated carbocycles. The van der Waals surface area contributed by atoms with E-state index in [9.17, 15) is 9.59 Å². The molecule has 1 heterocycles. The molecule has 0 aromatic carbocycles. The van der Waals surface area contributed by atoms with Gasteiger partial charge in [-0.2, -0.15) is 0 Å². The van der Waals surface area contributed by atoms with Crippen molar-refractivity contribution in [3.8, 4) is 0 Å². The molecule has 82 valence electrons. The van der Waals surface area contributed by atoms with Crippen molar-refractivity contribution in [2.24, 2.45) is 0 Å². The standard InChI is InChI=1S/C9H10BrNO3S/c1-2-6(9(13)14)11-8(12)7-5(10)3-4-15-7/h3-4,6H,2H2,1H3,(H,11,12)(H,13,14). The smallest absolute Gasteiger partial charge is 0.326 e. The number of amides is 1. The summed E-state index contributed by atoms with van der Waals surface area (Å²) >= 11 is 4.49. The molecule has 1 aromatic rings. The van der Waals surface area contributed by atoms with Gasteiger partial charge in [-0.05, 0) is 33.8 Å². The van der Waals surface area contributed by atoms with E-state index in [1.165, 1.54) is 11.3 Å². The van der Waals surface area contributed by atoms with E-state index in [1.807, 2.05) is 0 Å². The first kappa shape index (κ1) is 12.2. The van der Waals surface area contributed by atoms with Crippen molar-refractivity contribution in [3.63, 3.8) is 0 Å². The molecule has 15 heavy (non-hydrogen) atoms. The fourth-order valence-corrected chi connectivity index (χ4v) is 2.47. The SMILES string of the molecule is CCC(NC(=O)c1sccc1Br)C(=O)O. The van der Waals surface area contributed by atoms with Gasteiger partial charge in [0.1, 0.15) is 10.9 Å². The van der Waals surface area contributed by atoms with Crippen LogP contribution in [-0.4, -0.2) is 23.0 Å². The molecule has 1 unspecified atom stereocenters. The van der Waals surface area contributed by atoms with Gasteiger partial charge in [0.25, 0.3) is 5.91 Å². The fraction of sp³-hybridized carbons (Fsp3) is 0.333. The van der Waals surface area contributed by atoms with E-state index < -0.39 is 12.0 Å². The minimum atomic E-state index is -1.02. The molecule has 0 aliphatic heterocycles. The second-order valence-corrected chi connectivity index (χ2v) is 4.64. The third-order valence-electron chi connectivity index (χ3n) is 1.84. The van der Waals surface area contributed by atoms with Crippen LogP contribution in [0.4, 0.5) is 0 Å². The first-order valence-corrected chi connectivity index (χ1v) is 6.00. The monoisotopic (exact) mass is 291 g/mol. The highest BCUT2D eigenvalue weighted by Crippen LogP contribution is 2.22. The van der Waals surface area contributed by atoms with E-state index in [-0.39, 0.29) is 5.91 Å². The lowest BCUT2D eigenvalue weighted by Crippen LogP contribution is -2.40. The van der Waals surface area contributed by atoms with Crippen molar-refractivity contribution < 1.29 is 14.7 Å². The molecular weight excluding hydrogens is 282 g/mol. The average Bonchev–Trinajstić information content (AvgIpc) is 2.60. The molecule has 0 saturated heterocycles. The second-order valence-electron chi connectivity index (χ2n) is 2.87. The molecule has 2 N–H and O–H groups in total. The zero-order valence-electron chi connectivity index (χ0n) is 7.99. The second kappa shape index (κ2) is 5.27. The van der Waals surface area contributed by atoms with E-state index in [1.54, 1.807) is 18.4 Å². The Morgan fingerprint density at radius 1 is 1.67 bits per heavy atom. The van der Waals surface area contributed by atoms with Crippen LogP contribution in [0.2, 0.25) is 0 Å². The van der Waals surface area contributed by atoms with Crippen molar-refractivity contribution >= 4 is 39.1 Å². The molecule has 0 aliphatic rings. The minimum Gasteiger partial charge on any atom is -0.480 e. The van der Waals surface area contributed by atoms with E-state index in [0.29, 0.717) is 15.8 Å². The predicted molar refractivity (Wildman–Crippen MR) is 61.2 cm³/mol.